The van der Waals surface area contributed by atoms with Crippen LogP contribution in [-0.4, -0.2) is 24.1 Å². The van der Waals surface area contributed by atoms with Gasteiger partial charge >= 0.3 is 5.97 Å². The molecule has 0 fully saturated rings. The number of rotatable bonds is 9. The van der Waals surface area contributed by atoms with Crippen molar-refractivity contribution in [3.05, 3.63) is 36.9 Å². The molecule has 1 aromatic heterocycles. The number of fused-ring (bicyclic) bond motifs is 1. The molecule has 22 heavy (non-hydrogen) atoms. The molecule has 0 spiro atoms. The molecule has 0 unspecified atom stereocenters. The predicted molar refractivity (Wildman–Crippen MR) is 86.7 cm³/mol. The third kappa shape index (κ3) is 4.35. The van der Waals surface area contributed by atoms with Crippen LogP contribution in [0.4, 0.5) is 6.01 Å². The molecular weight excluding hydrogens is 280 g/mol. The second-order valence-electron chi connectivity index (χ2n) is 5.13. The van der Waals surface area contributed by atoms with Gasteiger partial charge in [-0.2, -0.15) is 4.98 Å². The number of hydrogen-bond donors (Lipinski definition) is 1. The minimum Gasteiger partial charge on any atom is -0.467 e. The number of allylic oxidation sites excluding steroid dienone is 1. The normalized spacial score (nSPS) is 12.0. The monoisotopic (exact) mass is 302 g/mol. The standard InChI is InChI=1S/C17H22N2O3/c1-3-4-5-6-7-11-14(16(20)21-2)19-17-18-13-10-8-9-12-15(13)22-17/h3,8-10,12,14H,1,4-7,11H2,2H3,(H,18,19)/t14-/m0/s1. The van der Waals surface area contributed by atoms with Crippen LogP contribution < -0.4 is 5.32 Å². The predicted octanol–water partition coefficient (Wildman–Crippen LogP) is 3.92. The maximum atomic E-state index is 11.9. The molecule has 5 nitrogen and oxygen atoms in total. The van der Waals surface area contributed by atoms with Gasteiger partial charge in [0.25, 0.3) is 6.01 Å². The van der Waals surface area contributed by atoms with E-state index in [1.807, 2.05) is 30.3 Å². The van der Waals surface area contributed by atoms with E-state index in [4.69, 9.17) is 9.15 Å². The summed E-state index contributed by atoms with van der Waals surface area (Å²) in [5.41, 5.74) is 1.46. The fourth-order valence-corrected chi connectivity index (χ4v) is 2.29. The third-order valence-corrected chi connectivity index (χ3v) is 3.48. The Morgan fingerprint density at radius 2 is 2.23 bits per heavy atom. The topological polar surface area (TPSA) is 64.4 Å². The molecular formula is C17H22N2O3. The Labute approximate surface area is 130 Å². The third-order valence-electron chi connectivity index (χ3n) is 3.48. The summed E-state index contributed by atoms with van der Waals surface area (Å²) in [7, 11) is 1.39. The van der Waals surface area contributed by atoms with Gasteiger partial charge in [-0.15, -0.1) is 6.58 Å². The van der Waals surface area contributed by atoms with Crippen LogP contribution in [0.1, 0.15) is 32.1 Å². The van der Waals surface area contributed by atoms with Gasteiger partial charge in [-0.3, -0.25) is 0 Å². The number of aromatic nitrogens is 1. The number of anilines is 1. The van der Waals surface area contributed by atoms with Crippen LogP contribution in [0.5, 0.6) is 0 Å². The average Bonchev–Trinajstić information content (AvgIpc) is 2.95. The van der Waals surface area contributed by atoms with Gasteiger partial charge in [-0.05, 0) is 31.4 Å². The lowest BCUT2D eigenvalue weighted by Crippen LogP contribution is -2.30. The Morgan fingerprint density at radius 1 is 1.41 bits per heavy atom. The number of benzene rings is 1. The van der Waals surface area contributed by atoms with E-state index < -0.39 is 6.04 Å². The Balaban J connectivity index is 1.96. The number of nitrogens with zero attached hydrogens (tertiary/aromatic N) is 1. The summed E-state index contributed by atoms with van der Waals surface area (Å²) in [5, 5.41) is 3.04. The zero-order valence-electron chi connectivity index (χ0n) is 12.9. The lowest BCUT2D eigenvalue weighted by Gasteiger charge is -2.14. The molecule has 0 saturated carbocycles. The van der Waals surface area contributed by atoms with Crippen molar-refractivity contribution in [3.8, 4) is 0 Å². The first-order chi connectivity index (χ1) is 10.7. The molecule has 0 aliphatic rings. The van der Waals surface area contributed by atoms with E-state index in [1.54, 1.807) is 0 Å². The molecule has 0 radical (unpaired) electrons. The van der Waals surface area contributed by atoms with Gasteiger partial charge in [0.2, 0.25) is 0 Å². The molecule has 0 bridgehead atoms. The molecule has 0 amide bonds. The van der Waals surface area contributed by atoms with Crippen LogP contribution >= 0.6 is 0 Å². The lowest BCUT2D eigenvalue weighted by molar-refractivity contribution is -0.141. The zero-order valence-corrected chi connectivity index (χ0v) is 12.9. The number of unbranched alkanes of at least 4 members (excludes halogenated alkanes) is 3. The summed E-state index contributed by atoms with van der Waals surface area (Å²) in [6.45, 7) is 3.70. The highest BCUT2D eigenvalue weighted by Gasteiger charge is 2.20. The summed E-state index contributed by atoms with van der Waals surface area (Å²) >= 11 is 0. The number of esters is 1. The van der Waals surface area contributed by atoms with Crippen molar-refractivity contribution in [1.29, 1.82) is 0 Å². The molecule has 1 heterocycles. The van der Waals surface area contributed by atoms with Crippen LogP contribution in [0.25, 0.3) is 11.1 Å². The van der Waals surface area contributed by atoms with E-state index in [2.05, 4.69) is 16.9 Å². The van der Waals surface area contributed by atoms with Crippen LogP contribution in [-0.2, 0) is 9.53 Å². The van der Waals surface area contributed by atoms with Crippen molar-refractivity contribution in [1.82, 2.24) is 4.98 Å². The molecule has 2 rings (SSSR count). The molecule has 118 valence electrons. The molecule has 0 saturated heterocycles. The van der Waals surface area contributed by atoms with E-state index in [0.717, 1.165) is 31.2 Å². The Hall–Kier alpha value is -2.30. The van der Waals surface area contributed by atoms with Crippen molar-refractivity contribution >= 4 is 23.1 Å². The summed E-state index contributed by atoms with van der Waals surface area (Å²) in [4.78, 5) is 16.2. The van der Waals surface area contributed by atoms with E-state index in [0.29, 0.717) is 18.0 Å². The molecule has 5 heteroatoms. The first-order valence-corrected chi connectivity index (χ1v) is 7.55. The highest BCUT2D eigenvalue weighted by Crippen LogP contribution is 2.20. The fourth-order valence-electron chi connectivity index (χ4n) is 2.29. The van der Waals surface area contributed by atoms with E-state index in [1.165, 1.54) is 7.11 Å². The summed E-state index contributed by atoms with van der Waals surface area (Å²) < 4.78 is 10.4. The molecule has 1 N–H and O–H groups in total. The Bertz CT molecular complexity index is 588. The van der Waals surface area contributed by atoms with E-state index in [9.17, 15) is 4.79 Å². The number of ether oxygens (including phenoxy) is 1. The van der Waals surface area contributed by atoms with Gasteiger partial charge in [-0.25, -0.2) is 4.79 Å². The zero-order chi connectivity index (χ0) is 15.8. The number of para-hydroxylation sites is 2. The minimum absolute atomic E-state index is 0.300. The Kier molecular flexibility index (Phi) is 6.01. The number of carbonyl (C=O) groups excluding carboxylic acids is 1. The summed E-state index contributed by atoms with van der Waals surface area (Å²) in [5.74, 6) is -0.300. The fraction of sp³-hybridized carbons (Fsp3) is 0.412. The second kappa shape index (κ2) is 8.22. The van der Waals surface area contributed by atoms with Crippen LogP contribution in [0.3, 0.4) is 0 Å². The van der Waals surface area contributed by atoms with Crippen molar-refractivity contribution in [2.24, 2.45) is 0 Å². The van der Waals surface area contributed by atoms with Crippen molar-refractivity contribution in [2.45, 2.75) is 38.1 Å². The smallest absolute Gasteiger partial charge is 0.328 e. The molecule has 1 aromatic carbocycles. The maximum Gasteiger partial charge on any atom is 0.328 e. The van der Waals surface area contributed by atoms with Crippen molar-refractivity contribution in [2.75, 3.05) is 12.4 Å². The largest absolute Gasteiger partial charge is 0.467 e. The summed E-state index contributed by atoms with van der Waals surface area (Å²) in [6.07, 6.45) is 6.66. The lowest BCUT2D eigenvalue weighted by atomic mass is 10.1. The van der Waals surface area contributed by atoms with Gasteiger partial charge in [0.05, 0.1) is 7.11 Å². The highest BCUT2D eigenvalue weighted by molar-refractivity contribution is 5.79. The number of methoxy groups -OCH3 is 1. The SMILES string of the molecule is C=CCCCCC[C@H](Nc1nc2ccccc2o1)C(=O)OC. The maximum absolute atomic E-state index is 11.9. The number of hydrogen-bond acceptors (Lipinski definition) is 5. The van der Waals surface area contributed by atoms with Gasteiger partial charge in [0.1, 0.15) is 11.6 Å². The van der Waals surface area contributed by atoms with Gasteiger partial charge in [0, 0.05) is 0 Å². The first-order valence-electron chi connectivity index (χ1n) is 7.55. The highest BCUT2D eigenvalue weighted by atomic mass is 16.5. The molecule has 0 aliphatic carbocycles. The Morgan fingerprint density at radius 3 is 2.95 bits per heavy atom. The summed E-state index contributed by atoms with van der Waals surface area (Å²) in [6, 6.07) is 7.40. The molecule has 1 atom stereocenters. The first kappa shape index (κ1) is 16.1. The van der Waals surface area contributed by atoms with Gasteiger partial charge in [-0.1, -0.05) is 31.1 Å². The second-order valence-corrected chi connectivity index (χ2v) is 5.13. The number of oxazole rings is 1. The number of carbonyl (C=O) groups is 1. The van der Waals surface area contributed by atoms with Gasteiger partial charge < -0.3 is 14.5 Å². The van der Waals surface area contributed by atoms with Gasteiger partial charge in [0.15, 0.2) is 5.58 Å². The van der Waals surface area contributed by atoms with Crippen molar-refractivity contribution < 1.29 is 13.9 Å². The average molecular weight is 302 g/mol. The quantitative estimate of drug-likeness (QED) is 0.432. The van der Waals surface area contributed by atoms with Crippen molar-refractivity contribution in [3.63, 3.8) is 0 Å². The number of nitrogens with one attached hydrogen (secondary N) is 1. The van der Waals surface area contributed by atoms with Crippen LogP contribution in [0, 0.1) is 0 Å². The van der Waals surface area contributed by atoms with Crippen LogP contribution in [0.15, 0.2) is 41.3 Å². The molecule has 2 aromatic rings. The van der Waals surface area contributed by atoms with Crippen LogP contribution in [0.2, 0.25) is 0 Å². The van der Waals surface area contributed by atoms with E-state index >= 15 is 0 Å². The molecule has 0 aliphatic heterocycles. The minimum atomic E-state index is -0.443. The van der Waals surface area contributed by atoms with E-state index in [-0.39, 0.29) is 5.97 Å².